The molecule has 7 nitrogen and oxygen atoms in total. The minimum atomic E-state index is -3.93. The Kier molecular flexibility index (Phi) is 4.29. The largest absolute Gasteiger partial charge is 0.329 e. The second-order valence-electron chi connectivity index (χ2n) is 4.30. The summed E-state index contributed by atoms with van der Waals surface area (Å²) < 4.78 is 24.2. The van der Waals surface area contributed by atoms with Crippen LogP contribution < -0.4 is 0 Å². The molecule has 0 unspecified atom stereocenters. The highest BCUT2D eigenvalue weighted by Crippen LogP contribution is 2.21. The standard InChI is InChI=1S/C12H12ClN3O4S/c1-2-11-14-12(21(13,19)20)8-15(11)7-9-5-3-4-6-10(9)16(17)18/h3-6,8H,2,7H2,1H3. The van der Waals surface area contributed by atoms with Gasteiger partial charge in [0.25, 0.3) is 14.7 Å². The molecule has 0 N–H and O–H groups in total. The summed E-state index contributed by atoms with van der Waals surface area (Å²) in [7, 11) is 1.35. The van der Waals surface area contributed by atoms with Crippen molar-refractivity contribution in [1.82, 2.24) is 9.55 Å². The van der Waals surface area contributed by atoms with Gasteiger partial charge in [-0.25, -0.2) is 13.4 Å². The first-order valence-electron chi connectivity index (χ1n) is 6.06. The summed E-state index contributed by atoms with van der Waals surface area (Å²) in [4.78, 5) is 14.5. The van der Waals surface area contributed by atoms with E-state index in [2.05, 4.69) is 4.98 Å². The lowest BCUT2D eigenvalue weighted by Crippen LogP contribution is -2.05. The van der Waals surface area contributed by atoms with E-state index in [0.717, 1.165) is 0 Å². The van der Waals surface area contributed by atoms with E-state index in [9.17, 15) is 18.5 Å². The number of para-hydroxylation sites is 1. The second-order valence-corrected chi connectivity index (χ2v) is 6.81. The van der Waals surface area contributed by atoms with Crippen molar-refractivity contribution in [2.45, 2.75) is 24.9 Å². The first-order chi connectivity index (χ1) is 9.82. The molecule has 1 aromatic heterocycles. The Morgan fingerprint density at radius 1 is 1.38 bits per heavy atom. The number of nitrogens with zero attached hydrogens (tertiary/aromatic N) is 3. The number of benzene rings is 1. The average Bonchev–Trinajstić information content (AvgIpc) is 2.82. The zero-order valence-corrected chi connectivity index (χ0v) is 12.6. The molecule has 0 aliphatic rings. The summed E-state index contributed by atoms with van der Waals surface area (Å²) in [5, 5.41) is 10.7. The predicted molar refractivity (Wildman–Crippen MR) is 76.8 cm³/mol. The van der Waals surface area contributed by atoms with E-state index in [4.69, 9.17) is 10.7 Å². The molecule has 2 aromatic rings. The van der Waals surface area contributed by atoms with Crippen molar-refractivity contribution < 1.29 is 13.3 Å². The van der Waals surface area contributed by atoms with Gasteiger partial charge >= 0.3 is 0 Å². The quantitative estimate of drug-likeness (QED) is 0.476. The Morgan fingerprint density at radius 2 is 2.05 bits per heavy atom. The molecular weight excluding hydrogens is 318 g/mol. The Balaban J connectivity index is 2.45. The molecular formula is C12H12ClN3O4S. The van der Waals surface area contributed by atoms with E-state index in [1.165, 1.54) is 12.3 Å². The Morgan fingerprint density at radius 3 is 2.62 bits per heavy atom. The highest BCUT2D eigenvalue weighted by atomic mass is 35.7. The van der Waals surface area contributed by atoms with Gasteiger partial charge in [-0.15, -0.1) is 0 Å². The first kappa shape index (κ1) is 15.5. The SMILES string of the molecule is CCc1nc(S(=O)(=O)Cl)cn1Cc1ccccc1[N+](=O)[O-]. The maximum atomic E-state index is 11.3. The molecule has 1 aromatic carbocycles. The summed E-state index contributed by atoms with van der Waals surface area (Å²) in [6.07, 6.45) is 1.77. The Labute approximate surface area is 125 Å². The van der Waals surface area contributed by atoms with Gasteiger partial charge in [0, 0.05) is 34.9 Å². The third kappa shape index (κ3) is 3.40. The van der Waals surface area contributed by atoms with Crippen LogP contribution in [0.1, 0.15) is 18.3 Å². The lowest BCUT2D eigenvalue weighted by Gasteiger charge is -2.06. The molecule has 0 atom stereocenters. The van der Waals surface area contributed by atoms with Crippen LogP contribution in [0.3, 0.4) is 0 Å². The van der Waals surface area contributed by atoms with Crippen molar-refractivity contribution in [2.75, 3.05) is 0 Å². The summed E-state index contributed by atoms with van der Waals surface area (Å²) >= 11 is 0. The molecule has 0 bridgehead atoms. The smallest absolute Gasteiger partial charge is 0.280 e. The van der Waals surface area contributed by atoms with E-state index in [1.54, 1.807) is 22.8 Å². The third-order valence-corrected chi connectivity index (χ3v) is 4.10. The van der Waals surface area contributed by atoms with Gasteiger partial charge in [0.2, 0.25) is 0 Å². The molecule has 2 rings (SSSR count). The number of nitro groups is 1. The number of rotatable bonds is 5. The van der Waals surface area contributed by atoms with Crippen LogP contribution in [0.2, 0.25) is 0 Å². The number of hydrogen-bond donors (Lipinski definition) is 0. The van der Waals surface area contributed by atoms with Gasteiger partial charge < -0.3 is 4.57 Å². The van der Waals surface area contributed by atoms with Gasteiger partial charge in [0.1, 0.15) is 5.82 Å². The summed E-state index contributed by atoms with van der Waals surface area (Å²) in [6.45, 7) is 1.96. The lowest BCUT2D eigenvalue weighted by atomic mass is 10.2. The van der Waals surface area contributed by atoms with Gasteiger partial charge in [-0.2, -0.15) is 0 Å². The maximum Gasteiger partial charge on any atom is 0.280 e. The van der Waals surface area contributed by atoms with Crippen molar-refractivity contribution in [3.05, 3.63) is 52.0 Å². The molecule has 21 heavy (non-hydrogen) atoms. The van der Waals surface area contributed by atoms with E-state index in [-0.39, 0.29) is 17.3 Å². The molecule has 0 aliphatic heterocycles. The number of halogens is 1. The van der Waals surface area contributed by atoms with Gasteiger partial charge in [0.15, 0.2) is 5.03 Å². The fraction of sp³-hybridized carbons (Fsp3) is 0.250. The van der Waals surface area contributed by atoms with Crippen LogP contribution in [-0.2, 0) is 22.0 Å². The van der Waals surface area contributed by atoms with Gasteiger partial charge in [0.05, 0.1) is 11.5 Å². The predicted octanol–water partition coefficient (Wildman–Crippen LogP) is 2.33. The van der Waals surface area contributed by atoms with Gasteiger partial charge in [-0.05, 0) is 0 Å². The summed E-state index contributed by atoms with van der Waals surface area (Å²) in [6, 6.07) is 6.28. The van der Waals surface area contributed by atoms with Crippen LogP contribution in [-0.4, -0.2) is 22.9 Å². The average molecular weight is 330 g/mol. The fourth-order valence-corrected chi connectivity index (χ4v) is 2.66. The minimum Gasteiger partial charge on any atom is -0.329 e. The molecule has 0 fully saturated rings. The minimum absolute atomic E-state index is 0.0245. The van der Waals surface area contributed by atoms with E-state index in [0.29, 0.717) is 17.8 Å². The van der Waals surface area contributed by atoms with Crippen molar-refractivity contribution in [3.8, 4) is 0 Å². The molecule has 112 valence electrons. The maximum absolute atomic E-state index is 11.3. The van der Waals surface area contributed by atoms with E-state index >= 15 is 0 Å². The second kappa shape index (κ2) is 5.82. The zero-order chi connectivity index (χ0) is 15.6. The molecule has 0 saturated heterocycles. The number of aromatic nitrogens is 2. The molecule has 0 aliphatic carbocycles. The van der Waals surface area contributed by atoms with Crippen LogP contribution in [0, 0.1) is 10.1 Å². The van der Waals surface area contributed by atoms with Crippen LogP contribution in [0.15, 0.2) is 35.5 Å². The molecule has 0 amide bonds. The Hall–Kier alpha value is -1.93. The molecule has 0 spiro atoms. The molecule has 0 radical (unpaired) electrons. The van der Waals surface area contributed by atoms with Gasteiger partial charge in [-0.3, -0.25) is 10.1 Å². The number of hydrogen-bond acceptors (Lipinski definition) is 5. The van der Waals surface area contributed by atoms with Crippen molar-refractivity contribution in [1.29, 1.82) is 0 Å². The Bertz CT molecular complexity index is 786. The molecule has 1 heterocycles. The van der Waals surface area contributed by atoms with E-state index in [1.807, 2.05) is 6.92 Å². The lowest BCUT2D eigenvalue weighted by molar-refractivity contribution is -0.385. The highest BCUT2D eigenvalue weighted by Gasteiger charge is 2.19. The van der Waals surface area contributed by atoms with Crippen LogP contribution in [0.4, 0.5) is 5.69 Å². The monoisotopic (exact) mass is 329 g/mol. The summed E-state index contributed by atoms with van der Waals surface area (Å²) in [5.74, 6) is 0.493. The number of aryl methyl sites for hydroxylation is 1. The van der Waals surface area contributed by atoms with Crippen molar-refractivity contribution in [2.24, 2.45) is 0 Å². The third-order valence-electron chi connectivity index (χ3n) is 2.93. The summed E-state index contributed by atoms with van der Waals surface area (Å²) in [5.41, 5.74) is 0.441. The highest BCUT2D eigenvalue weighted by molar-refractivity contribution is 8.13. The fourth-order valence-electron chi connectivity index (χ4n) is 1.97. The van der Waals surface area contributed by atoms with E-state index < -0.39 is 14.0 Å². The zero-order valence-electron chi connectivity index (χ0n) is 11.1. The van der Waals surface area contributed by atoms with Crippen molar-refractivity contribution in [3.63, 3.8) is 0 Å². The topological polar surface area (TPSA) is 95.1 Å². The van der Waals surface area contributed by atoms with Crippen LogP contribution >= 0.6 is 10.7 Å². The molecule has 9 heteroatoms. The molecule has 0 saturated carbocycles. The van der Waals surface area contributed by atoms with Crippen LogP contribution in [0.5, 0.6) is 0 Å². The number of nitro benzene ring substituents is 1. The number of imidazole rings is 1. The van der Waals surface area contributed by atoms with Gasteiger partial charge in [-0.1, -0.05) is 25.1 Å². The van der Waals surface area contributed by atoms with Crippen molar-refractivity contribution >= 4 is 25.4 Å². The first-order valence-corrected chi connectivity index (χ1v) is 8.37. The normalized spacial score (nSPS) is 11.5. The van der Waals surface area contributed by atoms with Crippen LogP contribution in [0.25, 0.3) is 0 Å².